The largest absolute Gasteiger partial charge is 0.394 e. The summed E-state index contributed by atoms with van der Waals surface area (Å²) in [6.07, 6.45) is 2.85. The number of nitrogens with one attached hydrogen (secondary N) is 2. The molecule has 1 aromatic rings. The zero-order valence-corrected chi connectivity index (χ0v) is 17.5. The van der Waals surface area contributed by atoms with Crippen molar-refractivity contribution < 1.29 is 23.1 Å². The van der Waals surface area contributed by atoms with E-state index in [0.717, 1.165) is 0 Å². The molecule has 0 saturated carbocycles. The molecule has 1 aliphatic heterocycles. The molecule has 1 aliphatic rings. The number of nitrogens with zero attached hydrogens (tertiary/aromatic N) is 1. The monoisotopic (exact) mass is 427 g/mol. The van der Waals surface area contributed by atoms with Gasteiger partial charge in [-0.1, -0.05) is 12.1 Å². The Morgan fingerprint density at radius 1 is 1.29 bits per heavy atom. The Labute approximate surface area is 170 Å². The van der Waals surface area contributed by atoms with E-state index >= 15 is 0 Å². The lowest BCUT2D eigenvalue weighted by Gasteiger charge is -2.26. The van der Waals surface area contributed by atoms with Crippen LogP contribution in [0.3, 0.4) is 0 Å². The molecule has 0 bridgehead atoms. The Kier molecular flexibility index (Phi) is 7.67. The molecule has 8 nitrogen and oxygen atoms in total. The normalized spacial score (nSPS) is 16.1. The highest BCUT2D eigenvalue weighted by Gasteiger charge is 2.26. The van der Waals surface area contributed by atoms with Gasteiger partial charge in [-0.25, -0.2) is 8.42 Å². The van der Waals surface area contributed by atoms with Crippen LogP contribution < -0.4 is 10.6 Å². The lowest BCUT2D eigenvalue weighted by atomic mass is 10.1. The van der Waals surface area contributed by atoms with Crippen LogP contribution in [0.25, 0.3) is 6.08 Å². The number of carbonyl (C=O) groups is 1. The summed E-state index contributed by atoms with van der Waals surface area (Å²) in [5.41, 5.74) is 0.0289. The van der Waals surface area contributed by atoms with E-state index in [-0.39, 0.29) is 16.6 Å². The number of carbonyl (C=O) groups excluding carboxylic acids is 1. The molecule has 1 amide bonds. The van der Waals surface area contributed by atoms with Crippen LogP contribution in [-0.2, 0) is 19.6 Å². The van der Waals surface area contributed by atoms with E-state index < -0.39 is 21.5 Å². The minimum atomic E-state index is -3.54. The van der Waals surface area contributed by atoms with Gasteiger partial charge in [-0.15, -0.1) is 0 Å². The van der Waals surface area contributed by atoms with Crippen LogP contribution in [0.5, 0.6) is 0 Å². The number of aliphatic hydroxyl groups is 1. The Balaban J connectivity index is 1.96. The van der Waals surface area contributed by atoms with Gasteiger partial charge in [0.15, 0.2) is 5.11 Å². The highest BCUT2D eigenvalue weighted by atomic mass is 32.2. The number of rotatable bonds is 6. The molecule has 1 aromatic carbocycles. The molecular weight excluding hydrogens is 402 g/mol. The molecule has 1 heterocycles. The zero-order valence-electron chi connectivity index (χ0n) is 15.8. The summed E-state index contributed by atoms with van der Waals surface area (Å²) in [4.78, 5) is 12.1. The van der Waals surface area contributed by atoms with Crippen LogP contribution in [0.15, 0.2) is 35.2 Å². The second kappa shape index (κ2) is 9.57. The van der Waals surface area contributed by atoms with E-state index in [4.69, 9.17) is 17.0 Å². The smallest absolute Gasteiger partial charge is 0.250 e. The molecule has 28 heavy (non-hydrogen) atoms. The molecule has 2 rings (SSSR count). The van der Waals surface area contributed by atoms with Crippen LogP contribution in [0.2, 0.25) is 0 Å². The number of aliphatic hydroxyl groups excluding tert-OH is 1. The fourth-order valence-electron chi connectivity index (χ4n) is 2.39. The zero-order chi connectivity index (χ0) is 20.8. The fraction of sp³-hybridized carbons (Fsp3) is 0.444. The molecular formula is C18H25N3O5S2. The number of ether oxygens (including phenoxy) is 1. The third kappa shape index (κ3) is 6.35. The number of benzene rings is 1. The first kappa shape index (κ1) is 22.4. The van der Waals surface area contributed by atoms with Crippen molar-refractivity contribution in [2.45, 2.75) is 24.3 Å². The second-order valence-electron chi connectivity index (χ2n) is 6.90. The average molecular weight is 428 g/mol. The quantitative estimate of drug-likeness (QED) is 0.448. The number of amides is 1. The SMILES string of the molecule is CC(C)(CO)NC(=S)NC(=O)C=Cc1ccc(S(=O)(=O)N2CCOCC2)cc1. The van der Waals surface area contributed by atoms with E-state index in [1.807, 2.05) is 0 Å². The van der Waals surface area contributed by atoms with Gasteiger partial charge in [0, 0.05) is 19.2 Å². The summed E-state index contributed by atoms with van der Waals surface area (Å²) < 4.78 is 31.7. The Morgan fingerprint density at radius 3 is 2.46 bits per heavy atom. The third-order valence-corrected chi connectivity index (χ3v) is 6.12. The van der Waals surface area contributed by atoms with Crippen LogP contribution in [0.4, 0.5) is 0 Å². The van der Waals surface area contributed by atoms with E-state index in [2.05, 4.69) is 10.6 Å². The molecule has 3 N–H and O–H groups in total. The molecule has 0 aromatic heterocycles. The molecule has 0 aliphatic carbocycles. The maximum absolute atomic E-state index is 12.6. The van der Waals surface area contributed by atoms with Gasteiger partial charge in [-0.3, -0.25) is 10.1 Å². The molecule has 0 spiro atoms. The number of morpholine rings is 1. The Morgan fingerprint density at radius 2 is 1.89 bits per heavy atom. The lowest BCUT2D eigenvalue weighted by Crippen LogP contribution is -2.51. The summed E-state index contributed by atoms with van der Waals surface area (Å²) in [5, 5.41) is 14.6. The number of hydrogen-bond acceptors (Lipinski definition) is 6. The number of sulfonamides is 1. The Hall–Kier alpha value is -1.85. The first-order chi connectivity index (χ1) is 13.1. The van der Waals surface area contributed by atoms with Gasteiger partial charge in [-0.2, -0.15) is 4.31 Å². The minimum absolute atomic E-state index is 0.112. The Bertz CT molecular complexity index is 829. The molecule has 1 fully saturated rings. The molecule has 154 valence electrons. The van der Waals surface area contributed by atoms with Crippen molar-refractivity contribution in [1.29, 1.82) is 0 Å². The van der Waals surface area contributed by atoms with Gasteiger partial charge in [-0.05, 0) is 49.8 Å². The van der Waals surface area contributed by atoms with Crippen LogP contribution in [0, 0.1) is 0 Å². The summed E-state index contributed by atoms with van der Waals surface area (Å²) in [5.74, 6) is -0.434. The van der Waals surface area contributed by atoms with Crippen molar-refractivity contribution in [3.63, 3.8) is 0 Å². The molecule has 0 radical (unpaired) electrons. The standard InChI is InChI=1S/C18H25N3O5S2/c1-18(2,13-22)20-17(27)19-16(23)8-5-14-3-6-15(7-4-14)28(24,25)21-9-11-26-12-10-21/h3-8,22H,9-13H2,1-2H3,(H2,19,20,23,27). The van der Waals surface area contributed by atoms with Gasteiger partial charge < -0.3 is 15.2 Å². The first-order valence-electron chi connectivity index (χ1n) is 8.74. The van der Waals surface area contributed by atoms with E-state index in [0.29, 0.717) is 31.9 Å². The van der Waals surface area contributed by atoms with E-state index in [1.165, 1.54) is 22.5 Å². The topological polar surface area (TPSA) is 108 Å². The molecule has 1 saturated heterocycles. The van der Waals surface area contributed by atoms with Crippen molar-refractivity contribution in [3.8, 4) is 0 Å². The maximum Gasteiger partial charge on any atom is 0.250 e. The molecule has 0 unspecified atom stereocenters. The number of thiocarbonyl (C=S) groups is 1. The summed E-state index contributed by atoms with van der Waals surface area (Å²) in [6.45, 7) is 4.80. The van der Waals surface area contributed by atoms with Crippen molar-refractivity contribution >= 4 is 39.3 Å². The fourth-order valence-corrected chi connectivity index (χ4v) is 4.18. The summed E-state index contributed by atoms with van der Waals surface area (Å²) in [7, 11) is -3.54. The van der Waals surface area contributed by atoms with Crippen molar-refractivity contribution in [2.24, 2.45) is 0 Å². The second-order valence-corrected chi connectivity index (χ2v) is 9.25. The van der Waals surface area contributed by atoms with Gasteiger partial charge in [0.1, 0.15) is 0 Å². The van der Waals surface area contributed by atoms with Crippen LogP contribution in [-0.4, -0.2) is 67.3 Å². The van der Waals surface area contributed by atoms with Crippen LogP contribution in [0.1, 0.15) is 19.4 Å². The van der Waals surface area contributed by atoms with Crippen LogP contribution >= 0.6 is 12.2 Å². The van der Waals surface area contributed by atoms with Crippen molar-refractivity contribution in [2.75, 3.05) is 32.9 Å². The van der Waals surface area contributed by atoms with E-state index in [1.54, 1.807) is 32.1 Å². The first-order valence-corrected chi connectivity index (χ1v) is 10.6. The lowest BCUT2D eigenvalue weighted by molar-refractivity contribution is -0.115. The van der Waals surface area contributed by atoms with Crippen molar-refractivity contribution in [3.05, 3.63) is 35.9 Å². The van der Waals surface area contributed by atoms with Gasteiger partial charge >= 0.3 is 0 Å². The molecule has 10 heteroatoms. The summed E-state index contributed by atoms with van der Waals surface area (Å²) in [6, 6.07) is 6.28. The predicted molar refractivity (Wildman–Crippen MR) is 110 cm³/mol. The maximum atomic E-state index is 12.6. The highest BCUT2D eigenvalue weighted by molar-refractivity contribution is 7.89. The van der Waals surface area contributed by atoms with Crippen molar-refractivity contribution in [1.82, 2.24) is 14.9 Å². The van der Waals surface area contributed by atoms with Gasteiger partial charge in [0.2, 0.25) is 15.9 Å². The molecule has 0 atom stereocenters. The minimum Gasteiger partial charge on any atom is -0.394 e. The average Bonchev–Trinajstić information content (AvgIpc) is 2.67. The number of hydrogen-bond donors (Lipinski definition) is 3. The van der Waals surface area contributed by atoms with E-state index in [9.17, 15) is 18.3 Å². The third-order valence-electron chi connectivity index (χ3n) is 4.00. The predicted octanol–water partition coefficient (Wildman–Crippen LogP) is 0.482. The highest BCUT2D eigenvalue weighted by Crippen LogP contribution is 2.18. The van der Waals surface area contributed by atoms with Gasteiger partial charge in [0.25, 0.3) is 0 Å². The summed E-state index contributed by atoms with van der Waals surface area (Å²) >= 11 is 5.03. The van der Waals surface area contributed by atoms with Gasteiger partial charge in [0.05, 0.1) is 30.3 Å².